The third-order valence-corrected chi connectivity index (χ3v) is 3.27. The van der Waals surface area contributed by atoms with Gasteiger partial charge in [0.1, 0.15) is 0 Å². The SMILES string of the molecule is CN1CCCCCC1=CC(=O)c1ccccc1. The van der Waals surface area contributed by atoms with Crippen molar-refractivity contribution < 1.29 is 4.79 Å². The van der Waals surface area contributed by atoms with Crippen LogP contribution in [0.1, 0.15) is 36.0 Å². The second kappa shape index (κ2) is 5.67. The molecule has 1 aromatic carbocycles. The fraction of sp³-hybridized carbons (Fsp3) is 0.400. The van der Waals surface area contributed by atoms with Crippen molar-refractivity contribution in [2.45, 2.75) is 25.7 Å². The number of hydrogen-bond donors (Lipinski definition) is 0. The van der Waals surface area contributed by atoms with E-state index in [0.29, 0.717) is 0 Å². The third-order valence-electron chi connectivity index (χ3n) is 3.27. The summed E-state index contributed by atoms with van der Waals surface area (Å²) in [5, 5.41) is 0. The van der Waals surface area contributed by atoms with Crippen LogP contribution in [0, 0.1) is 0 Å². The van der Waals surface area contributed by atoms with E-state index >= 15 is 0 Å². The average molecular weight is 229 g/mol. The maximum atomic E-state index is 12.1. The molecule has 0 aromatic heterocycles. The maximum absolute atomic E-state index is 12.1. The summed E-state index contributed by atoms with van der Waals surface area (Å²) in [6.07, 6.45) is 6.52. The Kier molecular flexibility index (Phi) is 3.97. The molecular weight excluding hydrogens is 210 g/mol. The van der Waals surface area contributed by atoms with Crippen molar-refractivity contribution in [2.24, 2.45) is 0 Å². The normalized spacial score (nSPS) is 19.1. The Morgan fingerprint density at radius 3 is 2.71 bits per heavy atom. The van der Waals surface area contributed by atoms with Gasteiger partial charge < -0.3 is 4.90 Å². The van der Waals surface area contributed by atoms with E-state index in [9.17, 15) is 4.79 Å². The highest BCUT2D eigenvalue weighted by Crippen LogP contribution is 2.18. The average Bonchev–Trinajstić information content (AvgIpc) is 2.56. The Labute approximate surface area is 103 Å². The van der Waals surface area contributed by atoms with Crippen LogP contribution in [0.5, 0.6) is 0 Å². The zero-order valence-corrected chi connectivity index (χ0v) is 10.4. The van der Waals surface area contributed by atoms with Crippen molar-refractivity contribution >= 4 is 5.78 Å². The molecular formula is C15H19NO. The standard InChI is InChI=1S/C15H19NO/c1-16-11-7-3-6-10-14(16)12-15(17)13-8-4-2-5-9-13/h2,4-5,8-9,12H,3,6-7,10-11H2,1H3. The summed E-state index contributed by atoms with van der Waals surface area (Å²) in [6.45, 7) is 1.06. The van der Waals surface area contributed by atoms with Gasteiger partial charge in [0, 0.05) is 30.9 Å². The van der Waals surface area contributed by atoms with Crippen LogP contribution in [-0.4, -0.2) is 24.3 Å². The molecule has 0 saturated carbocycles. The van der Waals surface area contributed by atoms with Crippen molar-refractivity contribution in [2.75, 3.05) is 13.6 Å². The van der Waals surface area contributed by atoms with Gasteiger partial charge in [-0.1, -0.05) is 36.8 Å². The topological polar surface area (TPSA) is 20.3 Å². The van der Waals surface area contributed by atoms with Crippen molar-refractivity contribution in [1.82, 2.24) is 4.90 Å². The zero-order chi connectivity index (χ0) is 12.1. The molecule has 0 bridgehead atoms. The third kappa shape index (κ3) is 3.19. The van der Waals surface area contributed by atoms with E-state index in [1.165, 1.54) is 25.0 Å². The molecule has 0 atom stereocenters. The number of rotatable bonds is 2. The summed E-state index contributed by atoms with van der Waals surface area (Å²) in [6, 6.07) is 9.49. The Balaban J connectivity index is 2.15. The lowest BCUT2D eigenvalue weighted by atomic mass is 10.1. The van der Waals surface area contributed by atoms with Crippen LogP contribution in [0.3, 0.4) is 0 Å². The summed E-state index contributed by atoms with van der Waals surface area (Å²) in [5.74, 6) is 0.120. The molecule has 1 fully saturated rings. The summed E-state index contributed by atoms with van der Waals surface area (Å²) in [7, 11) is 2.08. The van der Waals surface area contributed by atoms with Gasteiger partial charge in [0.15, 0.2) is 5.78 Å². The first-order valence-electron chi connectivity index (χ1n) is 6.28. The minimum atomic E-state index is 0.120. The first-order chi connectivity index (χ1) is 8.27. The molecule has 90 valence electrons. The lowest BCUT2D eigenvalue weighted by Gasteiger charge is -2.19. The van der Waals surface area contributed by atoms with Gasteiger partial charge in [-0.05, 0) is 19.3 Å². The minimum absolute atomic E-state index is 0.120. The first-order valence-corrected chi connectivity index (χ1v) is 6.28. The monoisotopic (exact) mass is 229 g/mol. The van der Waals surface area contributed by atoms with E-state index < -0.39 is 0 Å². The number of likely N-dealkylation sites (tertiary alicyclic amines) is 1. The van der Waals surface area contributed by atoms with Crippen molar-refractivity contribution in [3.63, 3.8) is 0 Å². The summed E-state index contributed by atoms with van der Waals surface area (Å²) in [5.41, 5.74) is 1.95. The van der Waals surface area contributed by atoms with Crippen LogP contribution in [0.15, 0.2) is 42.1 Å². The number of nitrogens with zero attached hydrogens (tertiary/aromatic N) is 1. The molecule has 17 heavy (non-hydrogen) atoms. The number of carbonyl (C=O) groups is 1. The Morgan fingerprint density at radius 2 is 1.94 bits per heavy atom. The van der Waals surface area contributed by atoms with Crippen LogP contribution in [-0.2, 0) is 0 Å². The van der Waals surface area contributed by atoms with E-state index in [2.05, 4.69) is 11.9 Å². The molecule has 0 unspecified atom stereocenters. The molecule has 1 aliphatic rings. The van der Waals surface area contributed by atoms with Crippen LogP contribution in [0.2, 0.25) is 0 Å². The van der Waals surface area contributed by atoms with E-state index in [1.54, 1.807) is 6.08 Å². The number of carbonyl (C=O) groups excluding carboxylic acids is 1. The molecule has 0 radical (unpaired) electrons. The van der Waals surface area contributed by atoms with E-state index in [4.69, 9.17) is 0 Å². The highest BCUT2D eigenvalue weighted by atomic mass is 16.1. The number of allylic oxidation sites excluding steroid dienone is 2. The van der Waals surface area contributed by atoms with Crippen molar-refractivity contribution in [1.29, 1.82) is 0 Å². The summed E-state index contributed by atoms with van der Waals surface area (Å²) < 4.78 is 0. The lowest BCUT2D eigenvalue weighted by Crippen LogP contribution is -2.18. The van der Waals surface area contributed by atoms with Crippen molar-refractivity contribution in [3.05, 3.63) is 47.7 Å². The van der Waals surface area contributed by atoms with Gasteiger partial charge in [-0.2, -0.15) is 0 Å². The Morgan fingerprint density at radius 1 is 1.18 bits per heavy atom. The fourth-order valence-electron chi connectivity index (χ4n) is 2.19. The first kappa shape index (κ1) is 11.9. The Bertz CT molecular complexity index is 408. The summed E-state index contributed by atoms with van der Waals surface area (Å²) >= 11 is 0. The van der Waals surface area contributed by atoms with Gasteiger partial charge >= 0.3 is 0 Å². The van der Waals surface area contributed by atoms with Gasteiger partial charge in [0.05, 0.1) is 0 Å². The zero-order valence-electron chi connectivity index (χ0n) is 10.4. The second-order valence-corrected chi connectivity index (χ2v) is 4.60. The van der Waals surface area contributed by atoms with Crippen LogP contribution < -0.4 is 0 Å². The van der Waals surface area contributed by atoms with Crippen LogP contribution >= 0.6 is 0 Å². The van der Waals surface area contributed by atoms with Gasteiger partial charge in [-0.15, -0.1) is 0 Å². The highest BCUT2D eigenvalue weighted by Gasteiger charge is 2.11. The molecule has 1 aliphatic heterocycles. The predicted octanol–water partition coefficient (Wildman–Crippen LogP) is 3.26. The predicted molar refractivity (Wildman–Crippen MR) is 70.0 cm³/mol. The number of hydrogen-bond acceptors (Lipinski definition) is 2. The van der Waals surface area contributed by atoms with Crippen molar-refractivity contribution in [3.8, 4) is 0 Å². The largest absolute Gasteiger partial charge is 0.378 e. The lowest BCUT2D eigenvalue weighted by molar-refractivity contribution is 0.104. The van der Waals surface area contributed by atoms with Gasteiger partial charge in [0.2, 0.25) is 0 Å². The quantitative estimate of drug-likeness (QED) is 0.573. The fourth-order valence-corrected chi connectivity index (χ4v) is 2.19. The highest BCUT2D eigenvalue weighted by molar-refractivity contribution is 6.04. The minimum Gasteiger partial charge on any atom is -0.378 e. The Hall–Kier alpha value is -1.57. The number of benzene rings is 1. The van der Waals surface area contributed by atoms with Crippen LogP contribution in [0.25, 0.3) is 0 Å². The molecule has 0 amide bonds. The van der Waals surface area contributed by atoms with Gasteiger partial charge in [0.25, 0.3) is 0 Å². The second-order valence-electron chi connectivity index (χ2n) is 4.60. The molecule has 1 aromatic rings. The summed E-state index contributed by atoms with van der Waals surface area (Å²) in [4.78, 5) is 14.3. The molecule has 2 nitrogen and oxygen atoms in total. The van der Waals surface area contributed by atoms with Gasteiger partial charge in [-0.25, -0.2) is 0 Å². The molecule has 2 heteroatoms. The van der Waals surface area contributed by atoms with E-state index in [1.807, 2.05) is 30.3 Å². The van der Waals surface area contributed by atoms with Crippen LogP contribution in [0.4, 0.5) is 0 Å². The molecule has 0 aliphatic carbocycles. The molecule has 1 saturated heterocycles. The van der Waals surface area contributed by atoms with Gasteiger partial charge in [-0.3, -0.25) is 4.79 Å². The smallest absolute Gasteiger partial charge is 0.187 e. The maximum Gasteiger partial charge on any atom is 0.187 e. The molecule has 0 N–H and O–H groups in total. The number of ketones is 1. The molecule has 0 spiro atoms. The molecule has 1 heterocycles. The van der Waals surface area contributed by atoms with E-state index in [-0.39, 0.29) is 5.78 Å². The van der Waals surface area contributed by atoms with E-state index in [0.717, 1.165) is 18.5 Å². The molecule has 2 rings (SSSR count).